The van der Waals surface area contributed by atoms with E-state index < -0.39 is 0 Å². The van der Waals surface area contributed by atoms with Crippen LogP contribution in [0, 0.1) is 6.92 Å². The second-order valence-corrected chi connectivity index (χ2v) is 5.95. The topological polar surface area (TPSA) is 65.1 Å². The van der Waals surface area contributed by atoms with Gasteiger partial charge in [0, 0.05) is 38.1 Å². The molecule has 1 aliphatic rings. The molecule has 3 heterocycles. The van der Waals surface area contributed by atoms with Crippen molar-refractivity contribution in [3.8, 4) is 0 Å². The third kappa shape index (κ3) is 2.88. The molecule has 0 atom stereocenters. The highest BCUT2D eigenvalue weighted by Gasteiger charge is 2.23. The molecule has 1 aliphatic heterocycles. The maximum atomic E-state index is 12.2. The van der Waals surface area contributed by atoms with E-state index in [0.29, 0.717) is 5.69 Å². The lowest BCUT2D eigenvalue weighted by atomic mass is 10.2. The highest BCUT2D eigenvalue weighted by Crippen LogP contribution is 2.13. The van der Waals surface area contributed by atoms with Crippen LogP contribution < -0.4 is 0 Å². The summed E-state index contributed by atoms with van der Waals surface area (Å²) in [4.78, 5) is 27.6. The Morgan fingerprint density at radius 1 is 1.40 bits per heavy atom. The van der Waals surface area contributed by atoms with Gasteiger partial charge in [-0.2, -0.15) is 0 Å². The van der Waals surface area contributed by atoms with Gasteiger partial charge in [0.25, 0.3) is 5.91 Å². The quantitative estimate of drug-likeness (QED) is 0.921. The first-order chi connectivity index (χ1) is 9.72. The monoisotopic (exact) mass is 291 g/mol. The van der Waals surface area contributed by atoms with E-state index in [1.165, 1.54) is 6.33 Å². The van der Waals surface area contributed by atoms with E-state index >= 15 is 0 Å². The van der Waals surface area contributed by atoms with Crippen molar-refractivity contribution in [3.63, 3.8) is 0 Å². The minimum atomic E-state index is 0.0339. The van der Waals surface area contributed by atoms with Gasteiger partial charge < -0.3 is 9.88 Å². The number of aromatic amines is 1. The predicted octanol–water partition coefficient (Wildman–Crippen LogP) is 1.13. The van der Waals surface area contributed by atoms with Gasteiger partial charge in [-0.15, -0.1) is 11.3 Å². The van der Waals surface area contributed by atoms with Gasteiger partial charge in [0.05, 0.1) is 23.2 Å². The first-order valence-electron chi connectivity index (χ1n) is 6.63. The van der Waals surface area contributed by atoms with Crippen LogP contribution in [0.2, 0.25) is 0 Å². The van der Waals surface area contributed by atoms with Gasteiger partial charge in [-0.3, -0.25) is 9.69 Å². The molecule has 1 amide bonds. The zero-order chi connectivity index (χ0) is 13.9. The van der Waals surface area contributed by atoms with Crippen molar-refractivity contribution in [1.29, 1.82) is 0 Å². The summed E-state index contributed by atoms with van der Waals surface area (Å²) in [5.41, 5.74) is 1.69. The molecule has 0 saturated carbocycles. The maximum absolute atomic E-state index is 12.2. The second kappa shape index (κ2) is 5.72. The summed E-state index contributed by atoms with van der Waals surface area (Å²) >= 11 is 1.68. The number of hydrogen-bond donors (Lipinski definition) is 1. The molecule has 7 heteroatoms. The van der Waals surface area contributed by atoms with Gasteiger partial charge in [-0.25, -0.2) is 9.97 Å². The molecular formula is C13H17N5OS. The van der Waals surface area contributed by atoms with Crippen LogP contribution in [0.3, 0.4) is 0 Å². The molecule has 2 aromatic rings. The third-order valence-electron chi connectivity index (χ3n) is 3.44. The van der Waals surface area contributed by atoms with Gasteiger partial charge in [0.1, 0.15) is 5.69 Å². The number of imidazole rings is 1. The Morgan fingerprint density at radius 3 is 2.80 bits per heavy atom. The number of hydrogen-bond acceptors (Lipinski definition) is 5. The van der Waals surface area contributed by atoms with Crippen LogP contribution in [0.15, 0.2) is 17.9 Å². The zero-order valence-corrected chi connectivity index (χ0v) is 12.2. The Bertz CT molecular complexity index is 571. The van der Waals surface area contributed by atoms with Crippen molar-refractivity contribution in [3.05, 3.63) is 34.3 Å². The highest BCUT2D eigenvalue weighted by molar-refractivity contribution is 7.09. The third-order valence-corrected chi connectivity index (χ3v) is 4.26. The molecule has 1 saturated heterocycles. The van der Waals surface area contributed by atoms with E-state index in [2.05, 4.69) is 25.2 Å². The Balaban J connectivity index is 1.53. The zero-order valence-electron chi connectivity index (χ0n) is 11.4. The summed E-state index contributed by atoms with van der Waals surface area (Å²) in [5, 5.41) is 3.21. The summed E-state index contributed by atoms with van der Waals surface area (Å²) in [6.45, 7) is 6.17. The molecule has 0 spiro atoms. The Kier molecular flexibility index (Phi) is 3.79. The average Bonchev–Trinajstić information content (AvgIpc) is 3.11. The van der Waals surface area contributed by atoms with E-state index in [4.69, 9.17) is 0 Å². The van der Waals surface area contributed by atoms with Gasteiger partial charge in [-0.1, -0.05) is 0 Å². The van der Waals surface area contributed by atoms with E-state index in [0.717, 1.165) is 43.4 Å². The standard InChI is InChI=1S/C13H17N5OS/c1-10-16-11(8-20-10)7-17-2-4-18(5-3-17)13(19)12-6-14-9-15-12/h6,8-9H,2-5,7H2,1H3,(H,14,15). The van der Waals surface area contributed by atoms with Crippen molar-refractivity contribution in [2.75, 3.05) is 26.2 Å². The van der Waals surface area contributed by atoms with Crippen LogP contribution >= 0.6 is 11.3 Å². The van der Waals surface area contributed by atoms with E-state index in [-0.39, 0.29) is 5.91 Å². The Morgan fingerprint density at radius 2 is 2.20 bits per heavy atom. The first kappa shape index (κ1) is 13.3. The molecule has 106 valence electrons. The number of rotatable bonds is 3. The van der Waals surface area contributed by atoms with Crippen LogP contribution in [0.25, 0.3) is 0 Å². The summed E-state index contributed by atoms with van der Waals surface area (Å²) in [5.74, 6) is 0.0339. The van der Waals surface area contributed by atoms with Gasteiger partial charge in [-0.05, 0) is 6.92 Å². The van der Waals surface area contributed by atoms with Crippen molar-refractivity contribution in [1.82, 2.24) is 24.8 Å². The molecular weight excluding hydrogens is 274 g/mol. The number of amides is 1. The lowest BCUT2D eigenvalue weighted by Crippen LogP contribution is -2.48. The van der Waals surface area contributed by atoms with Crippen molar-refractivity contribution in [2.45, 2.75) is 13.5 Å². The van der Waals surface area contributed by atoms with Gasteiger partial charge in [0.2, 0.25) is 0 Å². The highest BCUT2D eigenvalue weighted by atomic mass is 32.1. The molecule has 1 fully saturated rings. The molecule has 0 aliphatic carbocycles. The van der Waals surface area contributed by atoms with Crippen LogP contribution in [0.4, 0.5) is 0 Å². The van der Waals surface area contributed by atoms with Crippen molar-refractivity contribution < 1.29 is 4.79 Å². The number of carbonyl (C=O) groups is 1. The SMILES string of the molecule is Cc1nc(CN2CCN(C(=O)c3cnc[nH]3)CC2)cs1. The summed E-state index contributed by atoms with van der Waals surface area (Å²) in [6, 6.07) is 0. The number of piperazine rings is 1. The van der Waals surface area contributed by atoms with E-state index in [1.807, 2.05) is 11.8 Å². The molecule has 3 rings (SSSR count). The van der Waals surface area contributed by atoms with Crippen molar-refractivity contribution >= 4 is 17.2 Å². The minimum absolute atomic E-state index is 0.0339. The van der Waals surface area contributed by atoms with E-state index in [1.54, 1.807) is 17.5 Å². The number of aromatic nitrogens is 3. The molecule has 2 aromatic heterocycles. The number of thiazole rings is 1. The van der Waals surface area contributed by atoms with Crippen LogP contribution in [-0.4, -0.2) is 56.8 Å². The second-order valence-electron chi connectivity index (χ2n) is 4.89. The number of carbonyl (C=O) groups excluding carboxylic acids is 1. The molecule has 6 nitrogen and oxygen atoms in total. The predicted molar refractivity (Wildman–Crippen MR) is 76.6 cm³/mol. The molecule has 0 radical (unpaired) electrons. The smallest absolute Gasteiger partial charge is 0.272 e. The number of H-pyrrole nitrogens is 1. The number of nitrogens with zero attached hydrogens (tertiary/aromatic N) is 4. The van der Waals surface area contributed by atoms with Crippen molar-refractivity contribution in [2.24, 2.45) is 0 Å². The Labute approximate surface area is 121 Å². The molecule has 1 N–H and O–H groups in total. The number of aryl methyl sites for hydroxylation is 1. The lowest BCUT2D eigenvalue weighted by molar-refractivity contribution is 0.0622. The first-order valence-corrected chi connectivity index (χ1v) is 7.51. The fourth-order valence-corrected chi connectivity index (χ4v) is 2.97. The molecule has 0 bridgehead atoms. The van der Waals surface area contributed by atoms with Crippen LogP contribution in [-0.2, 0) is 6.54 Å². The fourth-order valence-electron chi connectivity index (χ4n) is 2.36. The summed E-state index contributed by atoms with van der Waals surface area (Å²) in [6.07, 6.45) is 3.11. The lowest BCUT2D eigenvalue weighted by Gasteiger charge is -2.34. The largest absolute Gasteiger partial charge is 0.341 e. The number of nitrogens with one attached hydrogen (secondary N) is 1. The molecule has 0 unspecified atom stereocenters. The van der Waals surface area contributed by atoms with E-state index in [9.17, 15) is 4.79 Å². The summed E-state index contributed by atoms with van der Waals surface area (Å²) < 4.78 is 0. The van der Waals surface area contributed by atoms with Crippen LogP contribution in [0.5, 0.6) is 0 Å². The fraction of sp³-hybridized carbons (Fsp3) is 0.462. The van der Waals surface area contributed by atoms with Gasteiger partial charge in [0.15, 0.2) is 0 Å². The normalized spacial score (nSPS) is 16.6. The van der Waals surface area contributed by atoms with Crippen LogP contribution in [0.1, 0.15) is 21.2 Å². The Hall–Kier alpha value is -1.73. The maximum Gasteiger partial charge on any atom is 0.272 e. The molecule has 0 aromatic carbocycles. The minimum Gasteiger partial charge on any atom is -0.341 e. The molecule has 20 heavy (non-hydrogen) atoms. The summed E-state index contributed by atoms with van der Waals surface area (Å²) in [7, 11) is 0. The average molecular weight is 291 g/mol. The van der Waals surface area contributed by atoms with Gasteiger partial charge >= 0.3 is 0 Å².